The summed E-state index contributed by atoms with van der Waals surface area (Å²) in [6.45, 7) is 7.80. The SMILES string of the molecule is CCCNC(=O)CN1CCN([C@H](C)C(=O)Nc2ccc(F)cc2Cl)CC1. The number of carbonyl (C=O) groups is 2. The Morgan fingerprint density at radius 2 is 1.96 bits per heavy atom. The third-order valence-corrected chi connectivity index (χ3v) is 4.78. The van der Waals surface area contributed by atoms with Gasteiger partial charge >= 0.3 is 0 Å². The van der Waals surface area contributed by atoms with Crippen LogP contribution in [-0.4, -0.2) is 66.9 Å². The highest BCUT2D eigenvalue weighted by atomic mass is 35.5. The molecule has 2 N–H and O–H groups in total. The maximum absolute atomic E-state index is 13.1. The minimum absolute atomic E-state index is 0.0389. The van der Waals surface area contributed by atoms with E-state index in [0.717, 1.165) is 19.5 Å². The number of hydrogen-bond acceptors (Lipinski definition) is 4. The summed E-state index contributed by atoms with van der Waals surface area (Å²) in [5.41, 5.74) is 0.399. The van der Waals surface area contributed by atoms with Crippen molar-refractivity contribution in [2.75, 3.05) is 44.6 Å². The highest BCUT2D eigenvalue weighted by Crippen LogP contribution is 2.23. The van der Waals surface area contributed by atoms with Crippen molar-refractivity contribution in [3.05, 3.63) is 29.0 Å². The van der Waals surface area contributed by atoms with Gasteiger partial charge in [0.05, 0.1) is 23.3 Å². The molecule has 144 valence electrons. The molecule has 1 aliphatic rings. The van der Waals surface area contributed by atoms with Gasteiger partial charge < -0.3 is 10.6 Å². The molecule has 0 aliphatic carbocycles. The molecule has 8 heteroatoms. The van der Waals surface area contributed by atoms with E-state index in [2.05, 4.69) is 20.4 Å². The van der Waals surface area contributed by atoms with E-state index in [9.17, 15) is 14.0 Å². The molecule has 1 atom stereocenters. The summed E-state index contributed by atoms with van der Waals surface area (Å²) in [7, 11) is 0. The van der Waals surface area contributed by atoms with Crippen molar-refractivity contribution in [1.82, 2.24) is 15.1 Å². The van der Waals surface area contributed by atoms with Gasteiger partial charge in [-0.15, -0.1) is 0 Å². The number of nitrogens with one attached hydrogen (secondary N) is 2. The lowest BCUT2D eigenvalue weighted by molar-refractivity contribution is -0.124. The molecule has 1 aliphatic heterocycles. The standard InChI is InChI=1S/C18H26ClFN4O2/c1-3-6-21-17(25)12-23-7-9-24(10-8-23)13(2)18(26)22-16-5-4-14(20)11-15(16)19/h4-5,11,13H,3,6-10,12H2,1-2H3,(H,21,25)(H,22,26)/t13-/m1/s1. The van der Waals surface area contributed by atoms with Crippen LogP contribution in [-0.2, 0) is 9.59 Å². The van der Waals surface area contributed by atoms with Gasteiger partial charge in [0, 0.05) is 32.7 Å². The maximum atomic E-state index is 13.1. The van der Waals surface area contributed by atoms with Crippen LogP contribution < -0.4 is 10.6 Å². The van der Waals surface area contributed by atoms with E-state index < -0.39 is 5.82 Å². The van der Waals surface area contributed by atoms with Crippen molar-refractivity contribution in [3.63, 3.8) is 0 Å². The summed E-state index contributed by atoms with van der Waals surface area (Å²) in [5.74, 6) is -0.593. The van der Waals surface area contributed by atoms with Gasteiger partial charge in [-0.05, 0) is 31.5 Å². The van der Waals surface area contributed by atoms with Crippen LogP contribution in [0.1, 0.15) is 20.3 Å². The average Bonchev–Trinajstić information content (AvgIpc) is 2.62. The summed E-state index contributed by atoms with van der Waals surface area (Å²) >= 11 is 5.95. The number of halogens is 2. The lowest BCUT2D eigenvalue weighted by Crippen LogP contribution is -2.54. The molecule has 1 fully saturated rings. The van der Waals surface area contributed by atoms with Crippen molar-refractivity contribution in [2.24, 2.45) is 0 Å². The number of piperazine rings is 1. The van der Waals surface area contributed by atoms with Gasteiger partial charge in [0.25, 0.3) is 0 Å². The monoisotopic (exact) mass is 384 g/mol. The highest BCUT2D eigenvalue weighted by molar-refractivity contribution is 6.33. The maximum Gasteiger partial charge on any atom is 0.241 e. The van der Waals surface area contributed by atoms with Crippen LogP contribution in [0.4, 0.5) is 10.1 Å². The summed E-state index contributed by atoms with van der Waals surface area (Å²) in [6.07, 6.45) is 0.921. The third kappa shape index (κ3) is 5.93. The van der Waals surface area contributed by atoms with Crippen LogP contribution in [0.3, 0.4) is 0 Å². The molecule has 0 radical (unpaired) electrons. The van der Waals surface area contributed by atoms with Crippen molar-refractivity contribution in [3.8, 4) is 0 Å². The van der Waals surface area contributed by atoms with Gasteiger partial charge in [0.15, 0.2) is 0 Å². The first-order valence-electron chi connectivity index (χ1n) is 8.89. The van der Waals surface area contributed by atoms with Crippen molar-refractivity contribution >= 4 is 29.1 Å². The van der Waals surface area contributed by atoms with E-state index in [1.54, 1.807) is 0 Å². The van der Waals surface area contributed by atoms with Crippen LogP contribution in [0, 0.1) is 5.82 Å². The number of anilines is 1. The van der Waals surface area contributed by atoms with Gasteiger partial charge in [0.2, 0.25) is 11.8 Å². The van der Waals surface area contributed by atoms with Crippen LogP contribution in [0.25, 0.3) is 0 Å². The Labute approximate surface area is 158 Å². The number of rotatable bonds is 7. The molecule has 0 saturated carbocycles. The lowest BCUT2D eigenvalue weighted by Gasteiger charge is -2.37. The van der Waals surface area contributed by atoms with E-state index in [0.29, 0.717) is 31.9 Å². The molecule has 1 aromatic rings. The Bertz CT molecular complexity index is 636. The third-order valence-electron chi connectivity index (χ3n) is 4.46. The fraction of sp³-hybridized carbons (Fsp3) is 0.556. The molecular weight excluding hydrogens is 359 g/mol. The Hall–Kier alpha value is -1.70. The summed E-state index contributed by atoms with van der Waals surface area (Å²) < 4.78 is 13.1. The normalized spacial score (nSPS) is 16.9. The first-order chi connectivity index (χ1) is 12.4. The zero-order valence-electron chi connectivity index (χ0n) is 15.2. The van der Waals surface area contributed by atoms with Crippen molar-refractivity contribution in [1.29, 1.82) is 0 Å². The van der Waals surface area contributed by atoms with E-state index in [1.807, 2.05) is 13.8 Å². The molecule has 0 spiro atoms. The first-order valence-corrected chi connectivity index (χ1v) is 9.27. The van der Waals surface area contributed by atoms with Crippen LogP contribution in [0.2, 0.25) is 5.02 Å². The Kier molecular flexibility index (Phi) is 7.81. The second-order valence-corrected chi connectivity index (χ2v) is 6.86. The van der Waals surface area contributed by atoms with E-state index in [1.165, 1.54) is 18.2 Å². The molecule has 1 saturated heterocycles. The molecule has 2 rings (SSSR count). The molecule has 0 aromatic heterocycles. The van der Waals surface area contributed by atoms with E-state index in [-0.39, 0.29) is 22.9 Å². The second-order valence-electron chi connectivity index (χ2n) is 6.45. The summed E-state index contributed by atoms with van der Waals surface area (Å²) in [6, 6.07) is 3.54. The number of carbonyl (C=O) groups excluding carboxylic acids is 2. The first kappa shape index (κ1) is 20.6. The molecule has 2 amide bonds. The van der Waals surface area contributed by atoms with E-state index >= 15 is 0 Å². The number of nitrogens with zero attached hydrogens (tertiary/aromatic N) is 2. The Morgan fingerprint density at radius 3 is 2.58 bits per heavy atom. The van der Waals surface area contributed by atoms with Crippen LogP contribution >= 0.6 is 11.6 Å². The molecule has 0 unspecified atom stereocenters. The van der Waals surface area contributed by atoms with Gasteiger partial charge in [-0.25, -0.2) is 4.39 Å². The summed E-state index contributed by atoms with van der Waals surface area (Å²) in [5, 5.41) is 5.79. The van der Waals surface area contributed by atoms with E-state index in [4.69, 9.17) is 11.6 Å². The zero-order valence-corrected chi connectivity index (χ0v) is 16.0. The second kappa shape index (κ2) is 9.85. The Balaban J connectivity index is 1.80. The molecule has 0 bridgehead atoms. The Morgan fingerprint density at radius 1 is 1.27 bits per heavy atom. The van der Waals surface area contributed by atoms with Crippen molar-refractivity contribution < 1.29 is 14.0 Å². The van der Waals surface area contributed by atoms with Crippen LogP contribution in [0.15, 0.2) is 18.2 Å². The number of hydrogen-bond donors (Lipinski definition) is 2. The summed E-state index contributed by atoms with van der Waals surface area (Å²) in [4.78, 5) is 28.4. The van der Waals surface area contributed by atoms with Gasteiger partial charge in [-0.3, -0.25) is 19.4 Å². The topological polar surface area (TPSA) is 64.7 Å². The van der Waals surface area contributed by atoms with Gasteiger partial charge in [0.1, 0.15) is 5.82 Å². The number of benzene rings is 1. The van der Waals surface area contributed by atoms with Crippen LogP contribution in [0.5, 0.6) is 0 Å². The quantitative estimate of drug-likeness (QED) is 0.754. The highest BCUT2D eigenvalue weighted by Gasteiger charge is 2.26. The largest absolute Gasteiger partial charge is 0.355 e. The van der Waals surface area contributed by atoms with Gasteiger partial charge in [-0.1, -0.05) is 18.5 Å². The fourth-order valence-electron chi connectivity index (χ4n) is 2.83. The molecule has 1 heterocycles. The predicted octanol–water partition coefficient (Wildman–Crippen LogP) is 1.95. The molecule has 26 heavy (non-hydrogen) atoms. The van der Waals surface area contributed by atoms with Gasteiger partial charge in [-0.2, -0.15) is 0 Å². The molecule has 6 nitrogen and oxygen atoms in total. The minimum Gasteiger partial charge on any atom is -0.355 e. The zero-order chi connectivity index (χ0) is 19.1. The predicted molar refractivity (Wildman–Crippen MR) is 101 cm³/mol. The molecular formula is C18H26ClFN4O2. The fourth-order valence-corrected chi connectivity index (χ4v) is 3.04. The minimum atomic E-state index is -0.444. The smallest absolute Gasteiger partial charge is 0.241 e. The number of amides is 2. The molecule has 1 aromatic carbocycles. The van der Waals surface area contributed by atoms with Crippen molar-refractivity contribution in [2.45, 2.75) is 26.3 Å². The lowest BCUT2D eigenvalue weighted by atomic mass is 10.2. The average molecular weight is 385 g/mol.